The van der Waals surface area contributed by atoms with Crippen molar-refractivity contribution in [2.45, 2.75) is 99.2 Å². The highest BCUT2D eigenvalue weighted by atomic mass is 32.2. The second-order valence-electron chi connectivity index (χ2n) is 8.74. The van der Waals surface area contributed by atoms with Crippen LogP contribution in [-0.2, 0) is 14.0 Å². The highest BCUT2D eigenvalue weighted by Crippen LogP contribution is 2.63. The van der Waals surface area contributed by atoms with Crippen molar-refractivity contribution < 1.29 is 78.1 Å². The average molecular weight is 606 g/mol. The Kier molecular flexibility index (Phi) is 9.13. The first-order chi connectivity index (χ1) is 15.3. The van der Waals surface area contributed by atoms with E-state index in [0.29, 0.717) is 0 Å². The van der Waals surface area contributed by atoms with Crippen LogP contribution >= 0.6 is 0 Å². The Morgan fingerprint density at radius 3 is 1.00 bits per heavy atom. The lowest BCUT2D eigenvalue weighted by molar-refractivity contribution is -0.447. The molecule has 3 nitrogen and oxygen atoms in total. The summed E-state index contributed by atoms with van der Waals surface area (Å²) in [4.78, 5) is 0. The van der Waals surface area contributed by atoms with Gasteiger partial charge in [-0.05, 0) is 16.6 Å². The van der Waals surface area contributed by atoms with Crippen LogP contribution in [0.1, 0.15) is 41.5 Å². The fourth-order valence-electron chi connectivity index (χ4n) is 3.64. The fourth-order valence-corrected chi connectivity index (χ4v) is 12.3. The summed E-state index contributed by atoms with van der Waals surface area (Å²) in [5, 5.41) is -7.52. The van der Waals surface area contributed by atoms with E-state index in [1.165, 1.54) is 0 Å². The van der Waals surface area contributed by atoms with Crippen molar-refractivity contribution in [3.8, 4) is 0 Å². The monoisotopic (exact) mass is 606 g/mol. The van der Waals surface area contributed by atoms with Gasteiger partial charge in [0.15, 0.2) is 0 Å². The van der Waals surface area contributed by atoms with Gasteiger partial charge in [0.2, 0.25) is 8.32 Å². The van der Waals surface area contributed by atoms with Gasteiger partial charge in [0, 0.05) is 0 Å². The topological polar surface area (TPSA) is 43.4 Å². The normalized spacial score (nSPS) is 16.4. The Hall–Kier alpha value is -0.923. The van der Waals surface area contributed by atoms with Crippen LogP contribution < -0.4 is 0 Å². The molecule has 0 aromatic rings. The lowest BCUT2D eigenvalue weighted by Gasteiger charge is -2.44. The van der Waals surface area contributed by atoms with E-state index in [0.717, 1.165) is 41.5 Å². The molecule has 0 aliphatic heterocycles. The zero-order chi connectivity index (χ0) is 29.9. The molecule has 0 radical (unpaired) electrons. The number of hydrogen-bond donors (Lipinski definition) is 0. The summed E-state index contributed by atoms with van der Waals surface area (Å²) in [6, 6.07) is 0. The van der Waals surface area contributed by atoms with Crippen LogP contribution in [-0.4, -0.2) is 57.8 Å². The standard InChI is InChI=1S/C16H21F15O3SSi/c1-7(2)36(8(3)4,9(5)6)34-35(32,33)16(30,31)14(25,26)12(21,22)10(17,18)11(19,20)13(23,24)15(27,28)29/h7-9H,1-6H3. The van der Waals surface area contributed by atoms with E-state index in [-0.39, 0.29) is 0 Å². The number of alkyl halides is 15. The van der Waals surface area contributed by atoms with Crippen molar-refractivity contribution in [1.82, 2.24) is 0 Å². The third kappa shape index (κ3) is 4.59. The van der Waals surface area contributed by atoms with Crippen molar-refractivity contribution in [2.24, 2.45) is 0 Å². The van der Waals surface area contributed by atoms with Gasteiger partial charge in [-0.1, -0.05) is 41.5 Å². The maximum atomic E-state index is 14.3. The van der Waals surface area contributed by atoms with Gasteiger partial charge >= 0.3 is 51.2 Å². The summed E-state index contributed by atoms with van der Waals surface area (Å²) >= 11 is 0. The SMILES string of the molecule is CC(C)[Si](OS(=O)(=O)C(F)(F)C(F)(F)C(F)(F)C(F)(F)C(F)(F)C(F)(F)C(F)(F)F)(C(C)C)C(C)C. The molecule has 0 aromatic carbocycles. The largest absolute Gasteiger partial charge is 0.460 e. The maximum absolute atomic E-state index is 14.3. The smallest absolute Gasteiger partial charge is 0.309 e. The minimum atomic E-state index is -8.58. The molecule has 0 fully saturated rings. The van der Waals surface area contributed by atoms with E-state index in [1.54, 1.807) is 0 Å². The van der Waals surface area contributed by atoms with Crippen molar-refractivity contribution in [3.05, 3.63) is 0 Å². The first kappa shape index (κ1) is 35.1. The predicted molar refractivity (Wildman–Crippen MR) is 96.8 cm³/mol. The second kappa shape index (κ2) is 9.37. The molecule has 0 saturated carbocycles. The number of hydrogen-bond acceptors (Lipinski definition) is 3. The quantitative estimate of drug-likeness (QED) is 0.178. The molecule has 0 unspecified atom stereocenters. The van der Waals surface area contributed by atoms with Crippen LogP contribution in [0.25, 0.3) is 0 Å². The van der Waals surface area contributed by atoms with Crippen LogP contribution in [0.2, 0.25) is 16.6 Å². The van der Waals surface area contributed by atoms with Crippen LogP contribution in [0.3, 0.4) is 0 Å². The van der Waals surface area contributed by atoms with Gasteiger partial charge in [-0.25, -0.2) is 0 Å². The molecular formula is C16H21F15O3SSi. The number of rotatable bonds is 11. The zero-order valence-corrected chi connectivity index (χ0v) is 20.9. The van der Waals surface area contributed by atoms with Crippen LogP contribution in [0.15, 0.2) is 0 Å². The highest BCUT2D eigenvalue weighted by Gasteiger charge is 2.94. The molecule has 36 heavy (non-hydrogen) atoms. The maximum Gasteiger partial charge on any atom is 0.460 e. The van der Waals surface area contributed by atoms with E-state index in [9.17, 15) is 74.3 Å². The van der Waals surface area contributed by atoms with Gasteiger partial charge < -0.3 is 3.87 Å². The van der Waals surface area contributed by atoms with E-state index >= 15 is 0 Å². The summed E-state index contributed by atoms with van der Waals surface area (Å²) in [6.07, 6.45) is -7.75. The third-order valence-corrected chi connectivity index (χ3v) is 13.9. The molecule has 20 heteroatoms. The summed E-state index contributed by atoms with van der Waals surface area (Å²) in [5.41, 5.74) is -3.18. The van der Waals surface area contributed by atoms with Gasteiger partial charge in [0.1, 0.15) is 0 Å². The average Bonchev–Trinajstić information content (AvgIpc) is 2.63. The summed E-state index contributed by atoms with van der Waals surface area (Å²) in [7, 11) is -11.8. The lowest BCUT2D eigenvalue weighted by Crippen LogP contribution is -2.73. The highest BCUT2D eigenvalue weighted by molar-refractivity contribution is 7.89. The van der Waals surface area contributed by atoms with E-state index in [1.807, 2.05) is 0 Å². The van der Waals surface area contributed by atoms with Crippen LogP contribution in [0, 0.1) is 0 Å². The summed E-state index contributed by atoms with van der Waals surface area (Å²) in [6.45, 7) is 6.92. The van der Waals surface area contributed by atoms with E-state index in [4.69, 9.17) is 0 Å². The number of halogens is 15. The van der Waals surface area contributed by atoms with E-state index in [2.05, 4.69) is 3.87 Å². The Balaban J connectivity index is 7.07. The molecule has 0 amide bonds. The Bertz CT molecular complexity index is 873. The second-order valence-corrected chi connectivity index (χ2v) is 16.0. The van der Waals surface area contributed by atoms with Gasteiger partial charge in [0.05, 0.1) is 0 Å². The lowest BCUT2D eigenvalue weighted by atomic mass is 9.94. The minimum Gasteiger partial charge on any atom is -0.309 e. The molecule has 0 rings (SSSR count). The third-order valence-electron chi connectivity index (χ3n) is 5.57. The zero-order valence-electron chi connectivity index (χ0n) is 19.0. The minimum absolute atomic E-state index is 1.06. The molecular weight excluding hydrogens is 585 g/mol. The molecule has 0 N–H and O–H groups in total. The molecule has 0 bridgehead atoms. The van der Waals surface area contributed by atoms with Crippen molar-refractivity contribution >= 4 is 18.4 Å². The molecule has 218 valence electrons. The molecule has 0 aromatic heterocycles. The molecule has 0 aliphatic rings. The Labute approximate surface area is 196 Å². The van der Waals surface area contributed by atoms with Gasteiger partial charge in [-0.2, -0.15) is 74.3 Å². The molecule has 0 atom stereocenters. The first-order valence-corrected chi connectivity index (χ1v) is 13.1. The molecule has 0 aliphatic carbocycles. The molecule has 0 saturated heterocycles. The van der Waals surface area contributed by atoms with E-state index < -0.39 is 76.1 Å². The Morgan fingerprint density at radius 2 is 0.750 bits per heavy atom. The van der Waals surface area contributed by atoms with Gasteiger partial charge in [-0.15, -0.1) is 0 Å². The Morgan fingerprint density at radius 1 is 0.500 bits per heavy atom. The first-order valence-electron chi connectivity index (χ1n) is 9.57. The van der Waals surface area contributed by atoms with Crippen LogP contribution in [0.4, 0.5) is 65.9 Å². The van der Waals surface area contributed by atoms with Gasteiger partial charge in [-0.3, -0.25) is 0 Å². The molecule has 0 heterocycles. The van der Waals surface area contributed by atoms with Crippen LogP contribution in [0.5, 0.6) is 0 Å². The van der Waals surface area contributed by atoms with Crippen molar-refractivity contribution in [3.63, 3.8) is 0 Å². The molecule has 0 spiro atoms. The predicted octanol–water partition coefficient (Wildman–Crippen LogP) is 7.84. The van der Waals surface area contributed by atoms with Crippen molar-refractivity contribution in [2.75, 3.05) is 0 Å². The fraction of sp³-hybridized carbons (Fsp3) is 1.00. The summed E-state index contributed by atoms with van der Waals surface area (Å²) < 4.78 is 229. The van der Waals surface area contributed by atoms with Gasteiger partial charge in [0.25, 0.3) is 0 Å². The van der Waals surface area contributed by atoms with Crippen molar-refractivity contribution in [1.29, 1.82) is 0 Å². The summed E-state index contributed by atoms with van der Waals surface area (Å²) in [5.74, 6) is -41.9.